The van der Waals surface area contributed by atoms with E-state index in [1.54, 1.807) is 18.2 Å². The molecule has 0 aliphatic rings. The van der Waals surface area contributed by atoms with Crippen LogP contribution in [-0.4, -0.2) is 20.0 Å². The summed E-state index contributed by atoms with van der Waals surface area (Å²) < 4.78 is 10.7. The number of para-hydroxylation sites is 1. The predicted molar refractivity (Wildman–Crippen MR) is 77.2 cm³/mol. The lowest BCUT2D eigenvalue weighted by atomic mass is 10.2. The average molecular weight is 266 g/mol. The highest BCUT2D eigenvalue weighted by Gasteiger charge is 2.08. The quantitative estimate of drug-likeness (QED) is 0.630. The van der Waals surface area contributed by atoms with Crippen LogP contribution in [0, 0.1) is 11.8 Å². The van der Waals surface area contributed by atoms with Crippen molar-refractivity contribution in [3.05, 3.63) is 59.7 Å². The topological polar surface area (TPSA) is 35.5 Å². The fourth-order valence-corrected chi connectivity index (χ4v) is 1.71. The maximum Gasteiger partial charge on any atom is 0.173 e. The second kappa shape index (κ2) is 7.01. The van der Waals surface area contributed by atoms with Crippen molar-refractivity contribution < 1.29 is 14.3 Å². The normalized spacial score (nSPS) is 9.25. The molecule has 0 spiro atoms. The van der Waals surface area contributed by atoms with Crippen LogP contribution in [0.4, 0.5) is 0 Å². The molecule has 0 amide bonds. The molecule has 2 rings (SSSR count). The van der Waals surface area contributed by atoms with Gasteiger partial charge in [-0.3, -0.25) is 4.79 Å². The van der Waals surface area contributed by atoms with Crippen molar-refractivity contribution in [1.82, 2.24) is 0 Å². The van der Waals surface area contributed by atoms with E-state index in [1.165, 1.54) is 7.11 Å². The van der Waals surface area contributed by atoms with Gasteiger partial charge in [0.15, 0.2) is 17.8 Å². The summed E-state index contributed by atoms with van der Waals surface area (Å²) in [5, 5.41) is 0. The van der Waals surface area contributed by atoms with Gasteiger partial charge >= 0.3 is 0 Å². The smallest absolute Gasteiger partial charge is 0.173 e. The van der Waals surface area contributed by atoms with Crippen LogP contribution in [0.5, 0.6) is 11.5 Å². The first-order valence-electron chi connectivity index (χ1n) is 6.14. The zero-order valence-corrected chi connectivity index (χ0v) is 11.1. The summed E-state index contributed by atoms with van der Waals surface area (Å²) in [6, 6.07) is 14.8. The van der Waals surface area contributed by atoms with Crippen molar-refractivity contribution in [3.63, 3.8) is 0 Å². The minimum absolute atomic E-state index is 0.191. The molecule has 0 unspecified atom stereocenters. The Morgan fingerprint density at radius 3 is 2.60 bits per heavy atom. The fourth-order valence-electron chi connectivity index (χ4n) is 1.71. The van der Waals surface area contributed by atoms with Crippen molar-refractivity contribution in [2.75, 3.05) is 13.7 Å². The zero-order chi connectivity index (χ0) is 14.2. The van der Waals surface area contributed by atoms with Gasteiger partial charge in [-0.1, -0.05) is 36.1 Å². The Labute approximate surface area is 118 Å². The number of hydrogen-bond acceptors (Lipinski definition) is 3. The van der Waals surface area contributed by atoms with Gasteiger partial charge in [0, 0.05) is 5.56 Å². The molecular weight excluding hydrogens is 252 g/mol. The van der Waals surface area contributed by atoms with Gasteiger partial charge in [0.05, 0.1) is 12.7 Å². The summed E-state index contributed by atoms with van der Waals surface area (Å²) in [5.74, 6) is 6.84. The lowest BCUT2D eigenvalue weighted by Crippen LogP contribution is -2.00. The summed E-state index contributed by atoms with van der Waals surface area (Å²) in [4.78, 5) is 11.0. The van der Waals surface area contributed by atoms with Gasteiger partial charge < -0.3 is 9.47 Å². The van der Waals surface area contributed by atoms with Crippen molar-refractivity contribution in [2.24, 2.45) is 0 Å². The van der Waals surface area contributed by atoms with E-state index >= 15 is 0 Å². The zero-order valence-electron chi connectivity index (χ0n) is 11.1. The van der Waals surface area contributed by atoms with Crippen LogP contribution < -0.4 is 9.47 Å². The highest BCUT2D eigenvalue weighted by Crippen LogP contribution is 2.29. The van der Waals surface area contributed by atoms with Gasteiger partial charge in [-0.25, -0.2) is 0 Å². The number of ether oxygens (including phenoxy) is 2. The van der Waals surface area contributed by atoms with E-state index in [0.717, 1.165) is 11.8 Å². The first-order chi connectivity index (χ1) is 9.85. The van der Waals surface area contributed by atoms with Crippen LogP contribution in [0.15, 0.2) is 48.5 Å². The Morgan fingerprint density at radius 2 is 1.90 bits per heavy atom. The highest BCUT2D eigenvalue weighted by atomic mass is 16.5. The highest BCUT2D eigenvalue weighted by molar-refractivity contribution is 5.81. The second-order valence-electron chi connectivity index (χ2n) is 3.95. The molecule has 2 aromatic carbocycles. The SMILES string of the molecule is COc1cccc(C=O)c1OCC#Cc1ccccc1. The second-order valence-corrected chi connectivity index (χ2v) is 3.95. The molecule has 20 heavy (non-hydrogen) atoms. The minimum Gasteiger partial charge on any atom is -0.493 e. The number of benzene rings is 2. The Kier molecular flexibility index (Phi) is 4.80. The van der Waals surface area contributed by atoms with E-state index in [4.69, 9.17) is 9.47 Å². The molecule has 3 heteroatoms. The van der Waals surface area contributed by atoms with Crippen LogP contribution in [0.25, 0.3) is 0 Å². The minimum atomic E-state index is 0.191. The Morgan fingerprint density at radius 1 is 1.10 bits per heavy atom. The summed E-state index contributed by atoms with van der Waals surface area (Å²) in [6.07, 6.45) is 0.739. The molecule has 0 fully saturated rings. The van der Waals surface area contributed by atoms with Crippen LogP contribution in [-0.2, 0) is 0 Å². The van der Waals surface area contributed by atoms with Crippen LogP contribution >= 0.6 is 0 Å². The molecule has 0 bridgehead atoms. The molecule has 0 saturated heterocycles. The van der Waals surface area contributed by atoms with Crippen molar-refractivity contribution in [3.8, 4) is 23.3 Å². The summed E-state index contributed by atoms with van der Waals surface area (Å²) in [5.41, 5.74) is 1.37. The maximum absolute atomic E-state index is 11.0. The lowest BCUT2D eigenvalue weighted by Gasteiger charge is -2.10. The van der Waals surface area contributed by atoms with Gasteiger partial charge in [-0.05, 0) is 24.3 Å². The molecule has 0 atom stereocenters. The van der Waals surface area contributed by atoms with E-state index in [0.29, 0.717) is 17.1 Å². The Balaban J connectivity index is 2.08. The average Bonchev–Trinajstić information content (AvgIpc) is 2.52. The third-order valence-electron chi connectivity index (χ3n) is 2.65. The molecule has 3 nitrogen and oxygen atoms in total. The number of rotatable bonds is 4. The predicted octanol–water partition coefficient (Wildman–Crippen LogP) is 2.94. The maximum atomic E-state index is 11.0. The van der Waals surface area contributed by atoms with E-state index < -0.39 is 0 Å². The summed E-state index contributed by atoms with van der Waals surface area (Å²) in [7, 11) is 1.53. The molecule has 0 radical (unpaired) electrons. The largest absolute Gasteiger partial charge is 0.493 e. The third-order valence-corrected chi connectivity index (χ3v) is 2.65. The summed E-state index contributed by atoms with van der Waals surface area (Å²) >= 11 is 0. The molecule has 0 heterocycles. The number of carbonyl (C=O) groups excluding carboxylic acids is 1. The van der Waals surface area contributed by atoms with Crippen LogP contribution in [0.1, 0.15) is 15.9 Å². The Hall–Kier alpha value is -2.73. The van der Waals surface area contributed by atoms with Crippen molar-refractivity contribution >= 4 is 6.29 Å². The third kappa shape index (κ3) is 3.39. The number of methoxy groups -OCH3 is 1. The molecule has 0 aliphatic carbocycles. The van der Waals surface area contributed by atoms with Crippen LogP contribution in [0.2, 0.25) is 0 Å². The Bertz CT molecular complexity index is 636. The fraction of sp³-hybridized carbons (Fsp3) is 0.118. The van der Waals surface area contributed by atoms with Gasteiger partial charge in [0.25, 0.3) is 0 Å². The van der Waals surface area contributed by atoms with E-state index in [-0.39, 0.29) is 6.61 Å². The van der Waals surface area contributed by atoms with Gasteiger partial charge in [0.2, 0.25) is 0 Å². The first-order valence-corrected chi connectivity index (χ1v) is 6.14. The number of hydrogen-bond donors (Lipinski definition) is 0. The van der Waals surface area contributed by atoms with Gasteiger partial charge in [-0.15, -0.1) is 0 Å². The van der Waals surface area contributed by atoms with Gasteiger partial charge in [0.1, 0.15) is 6.61 Å². The lowest BCUT2D eigenvalue weighted by molar-refractivity contribution is 0.111. The van der Waals surface area contributed by atoms with Gasteiger partial charge in [-0.2, -0.15) is 0 Å². The molecule has 100 valence electrons. The molecule has 2 aromatic rings. The first kappa shape index (κ1) is 13.7. The van der Waals surface area contributed by atoms with Crippen LogP contribution in [0.3, 0.4) is 0 Å². The number of carbonyl (C=O) groups is 1. The number of aldehydes is 1. The molecule has 0 aromatic heterocycles. The standard InChI is InChI=1S/C17H14O3/c1-19-16-11-5-10-15(13-18)17(16)20-12-6-9-14-7-3-2-4-8-14/h2-5,7-8,10-11,13H,12H2,1H3. The summed E-state index contributed by atoms with van der Waals surface area (Å²) in [6.45, 7) is 0.191. The van der Waals surface area contributed by atoms with E-state index in [2.05, 4.69) is 11.8 Å². The van der Waals surface area contributed by atoms with E-state index in [9.17, 15) is 4.79 Å². The molecule has 0 N–H and O–H groups in total. The molecule has 0 aliphatic heterocycles. The van der Waals surface area contributed by atoms with Crippen molar-refractivity contribution in [2.45, 2.75) is 0 Å². The molecular formula is C17H14O3. The van der Waals surface area contributed by atoms with Crippen molar-refractivity contribution in [1.29, 1.82) is 0 Å². The molecule has 0 saturated carbocycles. The monoisotopic (exact) mass is 266 g/mol. The van der Waals surface area contributed by atoms with E-state index in [1.807, 2.05) is 30.3 Å².